The van der Waals surface area contributed by atoms with Crippen LogP contribution in [0.1, 0.15) is 28.4 Å². The fourth-order valence-electron chi connectivity index (χ4n) is 3.38. The standard InChI is InChI=1S/C18H18N4O5S/c1-27-18(24)13-4-2-12(3-5-13)9-21-11-19-16-15(17(21)23)8-20-22(16)14-6-7-28(25,26)10-14/h2-5,8,11,14H,6-7,9-10H2,1H3. The molecule has 1 atom stereocenters. The van der Waals surface area contributed by atoms with E-state index in [1.165, 1.54) is 28.9 Å². The number of sulfone groups is 1. The van der Waals surface area contributed by atoms with E-state index in [1.54, 1.807) is 24.3 Å². The molecule has 0 saturated carbocycles. The summed E-state index contributed by atoms with van der Waals surface area (Å²) in [4.78, 5) is 28.6. The van der Waals surface area contributed by atoms with Crippen molar-refractivity contribution >= 4 is 26.8 Å². The molecule has 4 rings (SSSR count). The number of hydrogen-bond donors (Lipinski definition) is 0. The molecule has 1 saturated heterocycles. The lowest BCUT2D eigenvalue weighted by Gasteiger charge is -2.10. The number of ether oxygens (including phenoxy) is 1. The number of hydrogen-bond acceptors (Lipinski definition) is 7. The minimum atomic E-state index is -3.07. The van der Waals surface area contributed by atoms with Gasteiger partial charge < -0.3 is 4.74 Å². The molecular weight excluding hydrogens is 384 g/mol. The summed E-state index contributed by atoms with van der Waals surface area (Å²) in [5.74, 6) is -0.285. The summed E-state index contributed by atoms with van der Waals surface area (Å²) in [5, 5.41) is 4.56. The average molecular weight is 402 g/mol. The van der Waals surface area contributed by atoms with Crippen LogP contribution < -0.4 is 5.56 Å². The Morgan fingerprint density at radius 2 is 2.04 bits per heavy atom. The van der Waals surface area contributed by atoms with E-state index in [0.717, 1.165) is 5.56 Å². The zero-order valence-corrected chi connectivity index (χ0v) is 15.9. The summed E-state index contributed by atoms with van der Waals surface area (Å²) < 4.78 is 31.1. The molecule has 3 aromatic rings. The van der Waals surface area contributed by atoms with Crippen molar-refractivity contribution < 1.29 is 17.9 Å². The maximum absolute atomic E-state index is 12.8. The molecule has 3 heterocycles. The molecule has 1 aromatic carbocycles. The van der Waals surface area contributed by atoms with E-state index in [4.69, 9.17) is 0 Å². The van der Waals surface area contributed by atoms with Gasteiger partial charge in [0, 0.05) is 0 Å². The molecule has 1 aliphatic rings. The van der Waals surface area contributed by atoms with Gasteiger partial charge in [0.05, 0.1) is 43.0 Å². The molecule has 1 aliphatic heterocycles. The smallest absolute Gasteiger partial charge is 0.337 e. The number of methoxy groups -OCH3 is 1. The molecule has 0 aliphatic carbocycles. The molecule has 0 amide bonds. The van der Waals surface area contributed by atoms with E-state index in [-0.39, 0.29) is 29.7 Å². The lowest BCUT2D eigenvalue weighted by atomic mass is 10.1. The van der Waals surface area contributed by atoms with Crippen molar-refractivity contribution in [2.45, 2.75) is 19.0 Å². The largest absolute Gasteiger partial charge is 0.465 e. The second-order valence-electron chi connectivity index (χ2n) is 6.75. The number of carbonyl (C=O) groups excluding carboxylic acids is 1. The Bertz CT molecular complexity index is 1210. The Morgan fingerprint density at radius 1 is 1.29 bits per heavy atom. The molecule has 9 nitrogen and oxygen atoms in total. The monoisotopic (exact) mass is 402 g/mol. The second-order valence-corrected chi connectivity index (χ2v) is 8.98. The van der Waals surface area contributed by atoms with E-state index >= 15 is 0 Å². The van der Waals surface area contributed by atoms with Gasteiger partial charge in [0.2, 0.25) is 0 Å². The van der Waals surface area contributed by atoms with E-state index in [9.17, 15) is 18.0 Å². The summed E-state index contributed by atoms with van der Waals surface area (Å²) in [5.41, 5.74) is 1.39. The van der Waals surface area contributed by atoms with Gasteiger partial charge in [0.15, 0.2) is 15.5 Å². The van der Waals surface area contributed by atoms with Gasteiger partial charge in [0.1, 0.15) is 11.7 Å². The zero-order chi connectivity index (χ0) is 19.9. The van der Waals surface area contributed by atoms with Crippen LogP contribution in [0.2, 0.25) is 0 Å². The predicted octanol–water partition coefficient (Wildman–Crippen LogP) is 0.787. The maximum Gasteiger partial charge on any atom is 0.337 e. The first-order chi connectivity index (χ1) is 13.4. The molecular formula is C18H18N4O5S. The van der Waals surface area contributed by atoms with Gasteiger partial charge in [-0.25, -0.2) is 22.9 Å². The van der Waals surface area contributed by atoms with Gasteiger partial charge >= 0.3 is 5.97 Å². The van der Waals surface area contributed by atoms with E-state index < -0.39 is 15.8 Å². The third-order valence-electron chi connectivity index (χ3n) is 4.86. The summed E-state index contributed by atoms with van der Waals surface area (Å²) in [6.07, 6.45) is 3.34. The SMILES string of the molecule is COC(=O)c1ccc(Cn2cnc3c(cnn3C3CCS(=O)(=O)C3)c2=O)cc1. The molecule has 2 aromatic heterocycles. The van der Waals surface area contributed by atoms with Crippen LogP contribution >= 0.6 is 0 Å². The first-order valence-corrected chi connectivity index (χ1v) is 10.5. The lowest BCUT2D eigenvalue weighted by molar-refractivity contribution is 0.0600. The number of fused-ring (bicyclic) bond motifs is 1. The molecule has 10 heteroatoms. The fraction of sp³-hybridized carbons (Fsp3) is 0.333. The summed E-state index contributed by atoms with van der Waals surface area (Å²) in [7, 11) is -1.75. The number of aromatic nitrogens is 4. The Morgan fingerprint density at radius 3 is 2.68 bits per heavy atom. The third kappa shape index (κ3) is 3.31. The number of benzene rings is 1. The van der Waals surface area contributed by atoms with Crippen molar-refractivity contribution in [2.24, 2.45) is 0 Å². The maximum atomic E-state index is 12.8. The Balaban J connectivity index is 1.62. The molecule has 0 radical (unpaired) electrons. The van der Waals surface area contributed by atoms with Crippen LogP contribution in [0, 0.1) is 0 Å². The highest BCUT2D eigenvalue weighted by molar-refractivity contribution is 7.91. The molecule has 146 valence electrons. The molecule has 0 N–H and O–H groups in total. The molecule has 0 bridgehead atoms. The highest BCUT2D eigenvalue weighted by Gasteiger charge is 2.31. The quantitative estimate of drug-likeness (QED) is 0.593. The van der Waals surface area contributed by atoms with Crippen LogP contribution in [0.5, 0.6) is 0 Å². The molecule has 0 spiro atoms. The Labute approximate surface area is 160 Å². The minimum absolute atomic E-state index is 0.0150. The van der Waals surface area contributed by atoms with Crippen LogP contribution in [0.4, 0.5) is 0 Å². The van der Waals surface area contributed by atoms with Crippen molar-refractivity contribution in [1.82, 2.24) is 19.3 Å². The highest BCUT2D eigenvalue weighted by atomic mass is 32.2. The topological polar surface area (TPSA) is 113 Å². The fourth-order valence-corrected chi connectivity index (χ4v) is 5.07. The zero-order valence-electron chi connectivity index (χ0n) is 15.1. The van der Waals surface area contributed by atoms with Gasteiger partial charge in [-0.3, -0.25) is 9.36 Å². The summed E-state index contributed by atoms with van der Waals surface area (Å²) in [6.45, 7) is 0.284. The Kier molecular flexibility index (Phi) is 4.50. The van der Waals surface area contributed by atoms with E-state index in [1.807, 2.05) is 0 Å². The number of carbonyl (C=O) groups is 1. The van der Waals surface area contributed by atoms with Crippen LogP contribution in [0.25, 0.3) is 11.0 Å². The highest BCUT2D eigenvalue weighted by Crippen LogP contribution is 2.25. The first-order valence-electron chi connectivity index (χ1n) is 8.68. The van der Waals surface area contributed by atoms with Crippen molar-refractivity contribution in [3.8, 4) is 0 Å². The third-order valence-corrected chi connectivity index (χ3v) is 6.61. The van der Waals surface area contributed by atoms with E-state index in [2.05, 4.69) is 14.8 Å². The van der Waals surface area contributed by atoms with Crippen molar-refractivity contribution in [3.63, 3.8) is 0 Å². The van der Waals surface area contributed by atoms with Crippen LogP contribution in [-0.4, -0.2) is 52.3 Å². The van der Waals surface area contributed by atoms with Gasteiger partial charge in [-0.1, -0.05) is 12.1 Å². The van der Waals surface area contributed by atoms with Crippen LogP contribution in [0.15, 0.2) is 41.6 Å². The second kappa shape index (κ2) is 6.86. The molecule has 28 heavy (non-hydrogen) atoms. The molecule has 1 unspecified atom stereocenters. The van der Waals surface area contributed by atoms with Crippen molar-refractivity contribution in [1.29, 1.82) is 0 Å². The summed E-state index contributed by atoms with van der Waals surface area (Å²) in [6, 6.07) is 6.47. The normalized spacial score (nSPS) is 18.4. The summed E-state index contributed by atoms with van der Waals surface area (Å²) >= 11 is 0. The van der Waals surface area contributed by atoms with Crippen molar-refractivity contribution in [3.05, 3.63) is 58.3 Å². The average Bonchev–Trinajstić information content (AvgIpc) is 3.27. The number of rotatable bonds is 4. The van der Waals surface area contributed by atoms with Gasteiger partial charge in [0.25, 0.3) is 5.56 Å². The first kappa shape index (κ1) is 18.4. The van der Waals surface area contributed by atoms with Crippen LogP contribution in [-0.2, 0) is 21.1 Å². The predicted molar refractivity (Wildman–Crippen MR) is 101 cm³/mol. The number of esters is 1. The van der Waals surface area contributed by atoms with Gasteiger partial charge in [-0.2, -0.15) is 5.10 Å². The van der Waals surface area contributed by atoms with E-state index in [0.29, 0.717) is 23.0 Å². The lowest BCUT2D eigenvalue weighted by Crippen LogP contribution is -2.22. The van der Waals surface area contributed by atoms with Gasteiger partial charge in [-0.05, 0) is 24.1 Å². The minimum Gasteiger partial charge on any atom is -0.465 e. The van der Waals surface area contributed by atoms with Crippen LogP contribution in [0.3, 0.4) is 0 Å². The van der Waals surface area contributed by atoms with Gasteiger partial charge in [-0.15, -0.1) is 0 Å². The number of nitrogens with zero attached hydrogens (tertiary/aromatic N) is 4. The Hall–Kier alpha value is -3.01. The van der Waals surface area contributed by atoms with Crippen molar-refractivity contribution in [2.75, 3.05) is 18.6 Å². The molecule has 1 fully saturated rings.